The summed E-state index contributed by atoms with van der Waals surface area (Å²) in [7, 11) is 3.03. The van der Waals surface area contributed by atoms with Crippen LogP contribution in [-0.4, -0.2) is 61.5 Å². The molecule has 4 rings (SSSR count). The van der Waals surface area contributed by atoms with Gasteiger partial charge in [0.15, 0.2) is 11.5 Å². The van der Waals surface area contributed by atoms with Crippen LogP contribution in [0, 0.1) is 56.4 Å². The van der Waals surface area contributed by atoms with Crippen LogP contribution in [0.4, 0.5) is 11.4 Å². The van der Waals surface area contributed by atoms with E-state index in [1.54, 1.807) is 53.4 Å². The zero-order valence-electron chi connectivity index (χ0n) is 26.6. The third-order valence-corrected chi connectivity index (χ3v) is 8.07. The standard InChI is InChI=1S/C34H39ClN2O8.Ac/c1-20-21(12-15-30(40)41)8-6-10-25(20)36-29(39)17-28-33(42)37(18-34(2,3)19-38)26-14-13-22(35)16-24(26)31(45-28)23-9-7-11-27(43-4)32(23)44-5;/h6-11,13-14,16,28,31,38H,12,15,17-19H2,1-5H3,(H,36,39)(H,40,41);/t28-,31-;/m1./s1. The summed E-state index contributed by atoms with van der Waals surface area (Å²) in [6.07, 6.45) is -2.16. The number of aliphatic hydroxyl groups excluding tert-OH is 1. The third-order valence-electron chi connectivity index (χ3n) is 7.83. The minimum atomic E-state index is -1.23. The Morgan fingerprint density at radius 1 is 1.07 bits per heavy atom. The Balaban J connectivity index is 0.00000576. The summed E-state index contributed by atoms with van der Waals surface area (Å²) in [6, 6.07) is 15.8. The summed E-state index contributed by atoms with van der Waals surface area (Å²) in [5.41, 5.74) is 3.07. The van der Waals surface area contributed by atoms with Crippen molar-refractivity contribution in [3.63, 3.8) is 0 Å². The fourth-order valence-electron chi connectivity index (χ4n) is 5.41. The van der Waals surface area contributed by atoms with Gasteiger partial charge >= 0.3 is 5.97 Å². The number of hydrogen-bond donors (Lipinski definition) is 3. The van der Waals surface area contributed by atoms with Crippen molar-refractivity contribution in [2.24, 2.45) is 5.41 Å². The molecule has 1 aliphatic heterocycles. The molecule has 12 heteroatoms. The molecule has 243 valence electrons. The molecule has 0 unspecified atom stereocenters. The number of carboxylic acids is 1. The zero-order valence-corrected chi connectivity index (χ0v) is 32.1. The summed E-state index contributed by atoms with van der Waals surface area (Å²) >= 11 is 6.49. The van der Waals surface area contributed by atoms with Crippen LogP contribution in [0.3, 0.4) is 0 Å². The van der Waals surface area contributed by atoms with Crippen molar-refractivity contribution < 1.29 is 82.9 Å². The molecule has 0 bridgehead atoms. The van der Waals surface area contributed by atoms with Crippen LogP contribution in [0.1, 0.15) is 55.0 Å². The Hall–Kier alpha value is -2.68. The van der Waals surface area contributed by atoms with Gasteiger partial charge in [0.2, 0.25) is 5.91 Å². The van der Waals surface area contributed by atoms with Gasteiger partial charge in [-0.15, -0.1) is 0 Å². The number of nitrogens with zero attached hydrogens (tertiary/aromatic N) is 1. The van der Waals surface area contributed by atoms with Gasteiger partial charge in [0.25, 0.3) is 5.91 Å². The van der Waals surface area contributed by atoms with Crippen molar-refractivity contribution in [3.05, 3.63) is 81.9 Å². The summed E-state index contributed by atoms with van der Waals surface area (Å²) in [5, 5.41) is 22.5. The predicted molar refractivity (Wildman–Crippen MR) is 171 cm³/mol. The molecule has 0 saturated heterocycles. The first-order valence-corrected chi connectivity index (χ1v) is 14.9. The number of carbonyl (C=O) groups excluding carboxylic acids is 2. The van der Waals surface area contributed by atoms with Gasteiger partial charge in [0.1, 0.15) is 12.2 Å². The number of aryl methyl sites for hydroxylation is 1. The number of aliphatic hydroxyl groups is 1. The number of anilines is 2. The number of para-hydroxylation sites is 1. The van der Waals surface area contributed by atoms with Gasteiger partial charge in [0.05, 0.1) is 20.6 Å². The van der Waals surface area contributed by atoms with E-state index in [2.05, 4.69) is 5.32 Å². The molecule has 1 heterocycles. The van der Waals surface area contributed by atoms with Crippen LogP contribution < -0.4 is 19.7 Å². The summed E-state index contributed by atoms with van der Waals surface area (Å²) in [4.78, 5) is 40.5. The molecule has 0 fully saturated rings. The molecule has 10 nitrogen and oxygen atoms in total. The van der Waals surface area contributed by atoms with E-state index in [1.165, 1.54) is 14.2 Å². The van der Waals surface area contributed by atoms with E-state index in [1.807, 2.05) is 26.8 Å². The predicted octanol–water partition coefficient (Wildman–Crippen LogP) is 5.55. The summed E-state index contributed by atoms with van der Waals surface area (Å²) in [5.74, 6) is -0.959. The van der Waals surface area contributed by atoms with Crippen LogP contribution in [0.2, 0.25) is 5.02 Å². The molecule has 0 aliphatic carbocycles. The second-order valence-electron chi connectivity index (χ2n) is 11.8. The van der Waals surface area contributed by atoms with Crippen LogP contribution in [0.5, 0.6) is 11.5 Å². The number of aliphatic carboxylic acids is 1. The number of carbonyl (C=O) groups is 3. The number of nitrogens with one attached hydrogen (secondary N) is 1. The Morgan fingerprint density at radius 3 is 2.43 bits per heavy atom. The summed E-state index contributed by atoms with van der Waals surface area (Å²) in [6.45, 7) is 5.45. The normalized spacial score (nSPS) is 16.2. The van der Waals surface area contributed by atoms with Gasteiger partial charge in [-0.05, 0) is 54.8 Å². The molecule has 0 saturated carbocycles. The number of rotatable bonds is 12. The second-order valence-corrected chi connectivity index (χ2v) is 12.2. The molecular weight excluding hydrogens is 827 g/mol. The molecule has 3 aromatic rings. The first-order valence-electron chi connectivity index (χ1n) is 14.6. The monoisotopic (exact) mass is 865 g/mol. The van der Waals surface area contributed by atoms with Gasteiger partial charge in [0, 0.05) is 96.6 Å². The Bertz CT molecular complexity index is 1580. The zero-order chi connectivity index (χ0) is 32.9. The number of halogens is 1. The second kappa shape index (κ2) is 16.4. The average molecular weight is 866 g/mol. The molecule has 2 atom stereocenters. The molecule has 0 aromatic heterocycles. The largest absolute Gasteiger partial charge is 0.493 e. The van der Waals surface area contributed by atoms with E-state index in [9.17, 15) is 19.5 Å². The third kappa shape index (κ3) is 8.81. The molecule has 3 N–H and O–H groups in total. The van der Waals surface area contributed by atoms with E-state index >= 15 is 0 Å². The van der Waals surface area contributed by atoms with Gasteiger partial charge < -0.3 is 34.6 Å². The maximum absolute atomic E-state index is 14.3. The number of methoxy groups -OCH3 is 2. The summed E-state index contributed by atoms with van der Waals surface area (Å²) < 4.78 is 17.8. The molecule has 1 radical (unpaired) electrons. The molecule has 46 heavy (non-hydrogen) atoms. The number of benzene rings is 3. The van der Waals surface area contributed by atoms with Crippen LogP contribution >= 0.6 is 11.6 Å². The minimum Gasteiger partial charge on any atom is -0.493 e. The van der Waals surface area contributed by atoms with Crippen LogP contribution in [-0.2, 0) is 25.5 Å². The SMILES string of the molecule is COc1cccc([C@H]2O[C@H](CC(=O)Nc3cccc(CCC(=O)O)c3C)C(=O)N(CC(C)(C)CO)c3ccc(Cl)cc32)c1OC.[Ac]. The van der Waals surface area contributed by atoms with Crippen molar-refractivity contribution in [2.75, 3.05) is 37.6 Å². The number of ether oxygens (including phenoxy) is 3. The smallest absolute Gasteiger partial charge is 0.303 e. The van der Waals surface area contributed by atoms with Crippen molar-refractivity contribution >= 4 is 40.8 Å². The van der Waals surface area contributed by atoms with Gasteiger partial charge in [-0.2, -0.15) is 0 Å². The van der Waals surface area contributed by atoms with Gasteiger partial charge in [-0.3, -0.25) is 14.4 Å². The minimum absolute atomic E-state index is 0. The van der Waals surface area contributed by atoms with E-state index in [0.29, 0.717) is 45.4 Å². The molecule has 3 aromatic carbocycles. The number of hydrogen-bond acceptors (Lipinski definition) is 7. The van der Waals surface area contributed by atoms with Crippen molar-refractivity contribution in [3.8, 4) is 11.5 Å². The maximum atomic E-state index is 14.3. The quantitative estimate of drug-likeness (QED) is 0.216. The fourth-order valence-corrected chi connectivity index (χ4v) is 5.59. The molecule has 0 spiro atoms. The number of fused-ring (bicyclic) bond motifs is 1. The van der Waals surface area contributed by atoms with Crippen molar-refractivity contribution in [1.29, 1.82) is 0 Å². The maximum Gasteiger partial charge on any atom is 0.303 e. The van der Waals surface area contributed by atoms with E-state index < -0.39 is 35.4 Å². The average Bonchev–Trinajstić information content (AvgIpc) is 3.11. The Kier molecular flexibility index (Phi) is 13.5. The fraction of sp³-hybridized carbons (Fsp3) is 0.382. The Morgan fingerprint density at radius 2 is 1.78 bits per heavy atom. The number of carboxylic acid groups (broad SMARTS) is 1. The van der Waals surface area contributed by atoms with Gasteiger partial charge in [-0.1, -0.05) is 49.7 Å². The van der Waals surface area contributed by atoms with E-state index in [0.717, 1.165) is 11.1 Å². The van der Waals surface area contributed by atoms with Crippen LogP contribution in [0.25, 0.3) is 0 Å². The van der Waals surface area contributed by atoms with Crippen molar-refractivity contribution in [2.45, 2.75) is 52.2 Å². The van der Waals surface area contributed by atoms with Crippen LogP contribution in [0.15, 0.2) is 54.6 Å². The Labute approximate surface area is 309 Å². The van der Waals surface area contributed by atoms with E-state index in [4.69, 9.17) is 30.9 Å². The molecule has 2 amide bonds. The van der Waals surface area contributed by atoms with Gasteiger partial charge in [-0.25, -0.2) is 0 Å². The number of amides is 2. The molecule has 1 aliphatic rings. The molecular formula is C34H39AcClN2O8. The first kappa shape index (κ1) is 37.8. The van der Waals surface area contributed by atoms with Crippen molar-refractivity contribution in [1.82, 2.24) is 0 Å². The topological polar surface area (TPSA) is 135 Å². The van der Waals surface area contributed by atoms with E-state index in [-0.39, 0.29) is 70.1 Å². The first-order chi connectivity index (χ1) is 21.4.